The smallest absolute Gasteiger partial charge is 0.226 e. The molecular weight excluding hydrogens is 219 g/mol. The molecule has 1 aliphatic rings. The van der Waals surface area contributed by atoms with Gasteiger partial charge in [0, 0.05) is 18.2 Å². The number of nitrogens with zero attached hydrogens (tertiary/aromatic N) is 1. The lowest BCUT2D eigenvalue weighted by atomic mass is 10.2. The summed E-state index contributed by atoms with van der Waals surface area (Å²) in [5.74, 6) is 0.286. The molecule has 88 valence electrons. The Labute approximate surface area is 98.7 Å². The van der Waals surface area contributed by atoms with Crippen molar-refractivity contribution < 1.29 is 8.81 Å². The van der Waals surface area contributed by atoms with Crippen LogP contribution in [0.25, 0.3) is 11.5 Å². The molecule has 0 atom stereocenters. The van der Waals surface area contributed by atoms with Crippen LogP contribution >= 0.6 is 0 Å². The maximum absolute atomic E-state index is 12.8. The maximum atomic E-state index is 12.8. The van der Waals surface area contributed by atoms with Crippen molar-refractivity contribution in [3.8, 4) is 11.5 Å². The Morgan fingerprint density at radius 3 is 2.76 bits per heavy atom. The highest BCUT2D eigenvalue weighted by Gasteiger charge is 2.20. The van der Waals surface area contributed by atoms with Crippen LogP contribution in [0.1, 0.15) is 18.5 Å². The Hall–Kier alpha value is -1.68. The van der Waals surface area contributed by atoms with E-state index in [0.717, 1.165) is 17.8 Å². The predicted octanol–water partition coefficient (Wildman–Crippen LogP) is 2.73. The van der Waals surface area contributed by atoms with E-state index in [0.29, 0.717) is 11.9 Å². The van der Waals surface area contributed by atoms with Crippen LogP contribution in [-0.4, -0.2) is 11.0 Å². The molecule has 0 amide bonds. The van der Waals surface area contributed by atoms with Gasteiger partial charge < -0.3 is 9.73 Å². The fraction of sp³-hybridized carbons (Fsp3) is 0.308. The zero-order chi connectivity index (χ0) is 11.7. The second-order valence-corrected chi connectivity index (χ2v) is 4.31. The van der Waals surface area contributed by atoms with E-state index in [1.54, 1.807) is 18.4 Å². The molecule has 1 fully saturated rings. The molecule has 0 unspecified atom stereocenters. The largest absolute Gasteiger partial charge is 0.444 e. The number of aromatic nitrogens is 1. The molecule has 0 aliphatic heterocycles. The molecule has 1 aromatic carbocycles. The average molecular weight is 232 g/mol. The predicted molar refractivity (Wildman–Crippen MR) is 61.8 cm³/mol. The van der Waals surface area contributed by atoms with Gasteiger partial charge in [0.1, 0.15) is 12.1 Å². The summed E-state index contributed by atoms with van der Waals surface area (Å²) in [5, 5.41) is 3.36. The van der Waals surface area contributed by atoms with Crippen LogP contribution in [0.3, 0.4) is 0 Å². The first kappa shape index (κ1) is 10.5. The quantitative estimate of drug-likeness (QED) is 0.880. The molecule has 0 saturated heterocycles. The number of rotatable bonds is 4. The Bertz CT molecular complexity index is 502. The SMILES string of the molecule is Fc1ccc(-c2nc(CNC3CC3)co2)cc1. The minimum atomic E-state index is -0.254. The molecule has 1 N–H and O–H groups in total. The number of benzene rings is 1. The van der Waals surface area contributed by atoms with E-state index in [4.69, 9.17) is 4.42 Å². The summed E-state index contributed by atoms with van der Waals surface area (Å²) in [5.41, 5.74) is 1.68. The lowest BCUT2D eigenvalue weighted by Crippen LogP contribution is -2.15. The van der Waals surface area contributed by atoms with Crippen LogP contribution in [0, 0.1) is 5.82 Å². The molecule has 17 heavy (non-hydrogen) atoms. The van der Waals surface area contributed by atoms with Crippen molar-refractivity contribution in [3.05, 3.63) is 42.0 Å². The number of hydrogen-bond acceptors (Lipinski definition) is 3. The third-order valence-corrected chi connectivity index (χ3v) is 2.79. The van der Waals surface area contributed by atoms with Gasteiger partial charge in [0.15, 0.2) is 0 Å². The number of hydrogen-bond donors (Lipinski definition) is 1. The average Bonchev–Trinajstić information content (AvgIpc) is 3.06. The molecule has 1 aromatic heterocycles. The summed E-state index contributed by atoms with van der Waals surface area (Å²) >= 11 is 0. The summed E-state index contributed by atoms with van der Waals surface area (Å²) in [7, 11) is 0. The van der Waals surface area contributed by atoms with Gasteiger partial charge in [-0.05, 0) is 37.1 Å². The van der Waals surface area contributed by atoms with Gasteiger partial charge in [-0.3, -0.25) is 0 Å². The summed E-state index contributed by atoms with van der Waals surface area (Å²) < 4.78 is 18.1. The third kappa shape index (κ3) is 2.53. The summed E-state index contributed by atoms with van der Waals surface area (Å²) in [6.07, 6.45) is 4.15. The topological polar surface area (TPSA) is 38.1 Å². The minimum Gasteiger partial charge on any atom is -0.444 e. The molecule has 1 heterocycles. The van der Waals surface area contributed by atoms with Crippen molar-refractivity contribution in [2.75, 3.05) is 0 Å². The normalized spacial score (nSPS) is 15.1. The third-order valence-electron chi connectivity index (χ3n) is 2.79. The van der Waals surface area contributed by atoms with E-state index in [2.05, 4.69) is 10.3 Å². The van der Waals surface area contributed by atoms with Gasteiger partial charge in [-0.2, -0.15) is 0 Å². The molecule has 3 nitrogen and oxygen atoms in total. The van der Waals surface area contributed by atoms with Gasteiger partial charge in [-0.1, -0.05) is 0 Å². The Kier molecular flexibility index (Phi) is 2.65. The molecular formula is C13H13FN2O. The van der Waals surface area contributed by atoms with E-state index in [1.807, 2.05) is 0 Å². The van der Waals surface area contributed by atoms with Crippen molar-refractivity contribution in [1.29, 1.82) is 0 Å². The van der Waals surface area contributed by atoms with E-state index < -0.39 is 0 Å². The van der Waals surface area contributed by atoms with Crippen LogP contribution in [0.2, 0.25) is 0 Å². The zero-order valence-corrected chi connectivity index (χ0v) is 9.32. The minimum absolute atomic E-state index is 0.254. The van der Waals surface area contributed by atoms with Gasteiger partial charge in [0.05, 0.1) is 5.69 Å². The van der Waals surface area contributed by atoms with Crippen LogP contribution in [0.15, 0.2) is 34.9 Å². The molecule has 1 aliphatic carbocycles. The monoisotopic (exact) mass is 232 g/mol. The first-order chi connectivity index (χ1) is 8.31. The number of halogens is 1. The maximum Gasteiger partial charge on any atom is 0.226 e. The number of nitrogens with one attached hydrogen (secondary N) is 1. The molecule has 0 bridgehead atoms. The van der Waals surface area contributed by atoms with Crippen molar-refractivity contribution in [3.63, 3.8) is 0 Å². The summed E-state index contributed by atoms with van der Waals surface area (Å²) in [6, 6.07) is 6.79. The first-order valence-corrected chi connectivity index (χ1v) is 5.75. The fourth-order valence-electron chi connectivity index (χ4n) is 1.65. The molecule has 0 spiro atoms. The highest BCUT2D eigenvalue weighted by molar-refractivity contribution is 5.52. The van der Waals surface area contributed by atoms with Gasteiger partial charge >= 0.3 is 0 Å². The van der Waals surface area contributed by atoms with Crippen molar-refractivity contribution >= 4 is 0 Å². The van der Waals surface area contributed by atoms with Crippen molar-refractivity contribution in [1.82, 2.24) is 10.3 Å². The Balaban J connectivity index is 1.72. The van der Waals surface area contributed by atoms with Crippen molar-refractivity contribution in [2.45, 2.75) is 25.4 Å². The van der Waals surface area contributed by atoms with Crippen LogP contribution in [-0.2, 0) is 6.54 Å². The van der Waals surface area contributed by atoms with Gasteiger partial charge in [-0.25, -0.2) is 9.37 Å². The number of oxazole rings is 1. The molecule has 2 aromatic rings. The van der Waals surface area contributed by atoms with Crippen LogP contribution in [0.5, 0.6) is 0 Å². The highest BCUT2D eigenvalue weighted by atomic mass is 19.1. The Morgan fingerprint density at radius 2 is 2.06 bits per heavy atom. The Morgan fingerprint density at radius 1 is 1.29 bits per heavy atom. The summed E-state index contributed by atoms with van der Waals surface area (Å²) in [6.45, 7) is 0.732. The van der Waals surface area contributed by atoms with E-state index >= 15 is 0 Å². The second-order valence-electron chi connectivity index (χ2n) is 4.31. The van der Waals surface area contributed by atoms with E-state index in [-0.39, 0.29) is 5.82 Å². The van der Waals surface area contributed by atoms with E-state index in [9.17, 15) is 4.39 Å². The standard InChI is InChI=1S/C13H13FN2O/c14-10-3-1-9(2-4-10)13-16-12(8-17-13)7-15-11-5-6-11/h1-4,8,11,15H,5-7H2. The van der Waals surface area contributed by atoms with Gasteiger partial charge in [0.25, 0.3) is 0 Å². The highest BCUT2D eigenvalue weighted by Crippen LogP contribution is 2.21. The fourth-order valence-corrected chi connectivity index (χ4v) is 1.65. The van der Waals surface area contributed by atoms with Crippen LogP contribution < -0.4 is 5.32 Å². The molecule has 3 rings (SSSR count). The summed E-state index contributed by atoms with van der Waals surface area (Å²) in [4.78, 5) is 4.36. The lowest BCUT2D eigenvalue weighted by Gasteiger charge is -1.96. The van der Waals surface area contributed by atoms with Gasteiger partial charge in [0.2, 0.25) is 5.89 Å². The molecule has 4 heteroatoms. The molecule has 0 radical (unpaired) electrons. The zero-order valence-electron chi connectivity index (χ0n) is 9.32. The van der Waals surface area contributed by atoms with E-state index in [1.165, 1.54) is 25.0 Å². The van der Waals surface area contributed by atoms with Gasteiger partial charge in [-0.15, -0.1) is 0 Å². The molecule has 1 saturated carbocycles. The van der Waals surface area contributed by atoms with Crippen molar-refractivity contribution in [2.24, 2.45) is 0 Å². The second kappa shape index (κ2) is 4.30. The lowest BCUT2D eigenvalue weighted by molar-refractivity contribution is 0.569. The first-order valence-electron chi connectivity index (χ1n) is 5.75. The van der Waals surface area contributed by atoms with Crippen LogP contribution in [0.4, 0.5) is 4.39 Å².